The second kappa shape index (κ2) is 4.59. The van der Waals surface area contributed by atoms with Gasteiger partial charge >= 0.3 is 0 Å². The summed E-state index contributed by atoms with van der Waals surface area (Å²) in [5.41, 5.74) is 3.21. The Bertz CT molecular complexity index is 425. The Morgan fingerprint density at radius 1 is 1.40 bits per heavy atom. The van der Waals surface area contributed by atoms with Crippen molar-refractivity contribution < 1.29 is 0 Å². The minimum Gasteiger partial charge on any atom is -0.160 e. The van der Waals surface area contributed by atoms with Crippen molar-refractivity contribution in [2.45, 2.75) is 25.5 Å². The standard InChI is InChI=1S/C14H16S/c1-11(2)13-7-5-6-12(10-13)8-9-14(3,4)15/h5-7,10,15H,1H2,2-4H3. The van der Waals surface area contributed by atoms with Crippen LogP contribution in [0.3, 0.4) is 0 Å². The Morgan fingerprint density at radius 2 is 2.07 bits per heavy atom. The zero-order valence-electron chi connectivity index (χ0n) is 9.46. The van der Waals surface area contributed by atoms with Gasteiger partial charge in [-0.25, -0.2) is 0 Å². The van der Waals surface area contributed by atoms with Crippen LogP contribution in [0.5, 0.6) is 0 Å². The smallest absolute Gasteiger partial charge is 0.0683 e. The molecule has 0 N–H and O–H groups in total. The monoisotopic (exact) mass is 216 g/mol. The molecule has 0 saturated carbocycles. The molecule has 0 unspecified atom stereocenters. The summed E-state index contributed by atoms with van der Waals surface area (Å²) in [4.78, 5) is 0. The number of rotatable bonds is 1. The lowest BCUT2D eigenvalue weighted by Gasteiger charge is -2.06. The van der Waals surface area contributed by atoms with Crippen molar-refractivity contribution in [1.82, 2.24) is 0 Å². The molecule has 0 fully saturated rings. The average molecular weight is 216 g/mol. The molecule has 15 heavy (non-hydrogen) atoms. The maximum atomic E-state index is 4.36. The fourth-order valence-electron chi connectivity index (χ4n) is 1.09. The first-order chi connectivity index (χ1) is 6.88. The predicted molar refractivity (Wildman–Crippen MR) is 71.1 cm³/mol. The van der Waals surface area contributed by atoms with Crippen LogP contribution < -0.4 is 0 Å². The molecular formula is C14H16S. The van der Waals surface area contributed by atoms with Crippen molar-refractivity contribution in [3.63, 3.8) is 0 Å². The van der Waals surface area contributed by atoms with Crippen LogP contribution in [0.2, 0.25) is 0 Å². The van der Waals surface area contributed by atoms with Gasteiger partial charge in [-0.05, 0) is 38.5 Å². The lowest BCUT2D eigenvalue weighted by atomic mass is 10.1. The Kier molecular flexibility index (Phi) is 3.66. The fraction of sp³-hybridized carbons (Fsp3) is 0.286. The summed E-state index contributed by atoms with van der Waals surface area (Å²) >= 11 is 4.36. The van der Waals surface area contributed by atoms with Crippen LogP contribution >= 0.6 is 12.6 Å². The van der Waals surface area contributed by atoms with Gasteiger partial charge in [0, 0.05) is 5.56 Å². The molecular weight excluding hydrogens is 200 g/mol. The quantitative estimate of drug-likeness (QED) is 0.536. The van der Waals surface area contributed by atoms with Crippen molar-refractivity contribution in [1.29, 1.82) is 0 Å². The molecule has 1 aromatic carbocycles. The van der Waals surface area contributed by atoms with Gasteiger partial charge in [-0.15, -0.1) is 0 Å². The molecule has 1 heteroatoms. The van der Waals surface area contributed by atoms with Gasteiger partial charge in [0.15, 0.2) is 0 Å². The Balaban J connectivity index is 3.00. The van der Waals surface area contributed by atoms with E-state index in [1.165, 1.54) is 0 Å². The summed E-state index contributed by atoms with van der Waals surface area (Å²) in [6.45, 7) is 9.86. The van der Waals surface area contributed by atoms with E-state index in [9.17, 15) is 0 Å². The first-order valence-electron chi connectivity index (χ1n) is 4.90. The van der Waals surface area contributed by atoms with Gasteiger partial charge in [0.1, 0.15) is 0 Å². The summed E-state index contributed by atoms with van der Waals surface area (Å²) in [6, 6.07) is 8.09. The first-order valence-corrected chi connectivity index (χ1v) is 5.35. The van der Waals surface area contributed by atoms with E-state index < -0.39 is 0 Å². The highest BCUT2D eigenvalue weighted by Crippen LogP contribution is 2.14. The van der Waals surface area contributed by atoms with Crippen LogP contribution in [0, 0.1) is 11.8 Å². The number of allylic oxidation sites excluding steroid dienone is 1. The molecule has 0 radical (unpaired) electrons. The predicted octanol–water partition coefficient (Wildman–Crippen LogP) is 3.78. The Hall–Kier alpha value is -1.13. The average Bonchev–Trinajstić information content (AvgIpc) is 2.14. The highest BCUT2D eigenvalue weighted by molar-refractivity contribution is 7.82. The molecule has 1 rings (SSSR count). The summed E-state index contributed by atoms with van der Waals surface area (Å²) in [5.74, 6) is 6.20. The van der Waals surface area contributed by atoms with Crippen LogP contribution in [-0.4, -0.2) is 4.75 Å². The van der Waals surface area contributed by atoms with E-state index in [2.05, 4.69) is 37.1 Å². The third-order valence-corrected chi connectivity index (χ3v) is 1.98. The van der Waals surface area contributed by atoms with E-state index in [1.807, 2.05) is 39.0 Å². The van der Waals surface area contributed by atoms with Crippen LogP contribution in [0.4, 0.5) is 0 Å². The Labute approximate surface area is 97.8 Å². The molecule has 0 spiro atoms. The van der Waals surface area contributed by atoms with Gasteiger partial charge in [0.2, 0.25) is 0 Å². The second-order valence-corrected chi connectivity index (χ2v) is 5.29. The fourth-order valence-corrected chi connectivity index (χ4v) is 1.14. The molecule has 0 atom stereocenters. The summed E-state index contributed by atoms with van der Waals surface area (Å²) < 4.78 is -0.251. The molecule has 0 nitrogen and oxygen atoms in total. The van der Waals surface area contributed by atoms with Gasteiger partial charge in [0.05, 0.1) is 4.75 Å². The molecule has 0 amide bonds. The third kappa shape index (κ3) is 4.27. The molecule has 0 bridgehead atoms. The maximum Gasteiger partial charge on any atom is 0.0683 e. The lowest BCUT2D eigenvalue weighted by Crippen LogP contribution is -2.04. The Morgan fingerprint density at radius 3 is 2.60 bits per heavy atom. The molecule has 0 heterocycles. The molecule has 1 aromatic rings. The largest absolute Gasteiger partial charge is 0.160 e. The lowest BCUT2D eigenvalue weighted by molar-refractivity contribution is 0.944. The third-order valence-electron chi connectivity index (χ3n) is 1.87. The van der Waals surface area contributed by atoms with E-state index in [4.69, 9.17) is 0 Å². The number of hydrogen-bond acceptors (Lipinski definition) is 1. The van der Waals surface area contributed by atoms with Gasteiger partial charge in [-0.3, -0.25) is 0 Å². The minimum absolute atomic E-state index is 0.251. The topological polar surface area (TPSA) is 0 Å². The van der Waals surface area contributed by atoms with E-state index in [-0.39, 0.29) is 4.75 Å². The molecule has 0 aromatic heterocycles. The summed E-state index contributed by atoms with van der Waals surface area (Å²) in [6.07, 6.45) is 0. The van der Waals surface area contributed by atoms with Gasteiger partial charge in [-0.1, -0.05) is 36.1 Å². The van der Waals surface area contributed by atoms with Crippen LogP contribution in [0.15, 0.2) is 30.8 Å². The first kappa shape index (κ1) is 11.9. The van der Waals surface area contributed by atoms with Crippen LogP contribution in [-0.2, 0) is 0 Å². The zero-order chi connectivity index (χ0) is 11.5. The van der Waals surface area contributed by atoms with Crippen molar-refractivity contribution in [3.8, 4) is 11.8 Å². The SMILES string of the molecule is C=C(C)c1cccc(C#CC(C)(C)S)c1. The van der Waals surface area contributed by atoms with Crippen molar-refractivity contribution in [3.05, 3.63) is 42.0 Å². The minimum atomic E-state index is -0.251. The summed E-state index contributed by atoms with van der Waals surface area (Å²) in [5, 5.41) is 0. The number of thiol groups is 1. The van der Waals surface area contributed by atoms with E-state index in [1.54, 1.807) is 0 Å². The number of hydrogen-bond donors (Lipinski definition) is 1. The second-order valence-electron chi connectivity index (χ2n) is 4.17. The molecule has 0 aliphatic rings. The van der Waals surface area contributed by atoms with Crippen LogP contribution in [0.25, 0.3) is 5.57 Å². The molecule has 0 aliphatic carbocycles. The van der Waals surface area contributed by atoms with Crippen LogP contribution in [0.1, 0.15) is 31.9 Å². The van der Waals surface area contributed by atoms with Gasteiger partial charge in [-0.2, -0.15) is 12.6 Å². The van der Waals surface area contributed by atoms with Gasteiger partial charge in [0.25, 0.3) is 0 Å². The molecule has 0 saturated heterocycles. The highest BCUT2D eigenvalue weighted by Gasteiger charge is 2.04. The van der Waals surface area contributed by atoms with Gasteiger partial charge < -0.3 is 0 Å². The zero-order valence-corrected chi connectivity index (χ0v) is 10.4. The normalized spacial score (nSPS) is 10.4. The van der Waals surface area contributed by atoms with E-state index >= 15 is 0 Å². The van der Waals surface area contributed by atoms with Crippen molar-refractivity contribution in [2.24, 2.45) is 0 Å². The molecule has 0 aliphatic heterocycles. The molecule has 78 valence electrons. The summed E-state index contributed by atoms with van der Waals surface area (Å²) in [7, 11) is 0. The van der Waals surface area contributed by atoms with E-state index in [0.717, 1.165) is 16.7 Å². The maximum absolute atomic E-state index is 4.36. The van der Waals surface area contributed by atoms with E-state index in [0.29, 0.717) is 0 Å². The highest BCUT2D eigenvalue weighted by atomic mass is 32.1. The van der Waals surface area contributed by atoms with Crippen molar-refractivity contribution >= 4 is 18.2 Å². The number of benzene rings is 1. The van der Waals surface area contributed by atoms with Crippen molar-refractivity contribution in [2.75, 3.05) is 0 Å².